The molecule has 0 unspecified atom stereocenters. The quantitative estimate of drug-likeness (QED) is 0.515. The van der Waals surface area contributed by atoms with Crippen molar-refractivity contribution in [3.63, 3.8) is 0 Å². The number of thioether (sulfide) groups is 1. The van der Waals surface area contributed by atoms with Gasteiger partial charge in [-0.2, -0.15) is 0 Å². The second-order valence-electron chi connectivity index (χ2n) is 6.62. The van der Waals surface area contributed by atoms with Gasteiger partial charge in [0.25, 0.3) is 0 Å². The fourth-order valence-electron chi connectivity index (χ4n) is 3.11. The Labute approximate surface area is 165 Å². The zero-order valence-electron chi connectivity index (χ0n) is 15.3. The number of ketones is 1. The number of esters is 1. The maximum Gasteiger partial charge on any atom is 0.338 e. The maximum atomic E-state index is 12.7. The summed E-state index contributed by atoms with van der Waals surface area (Å²) in [5, 5.41) is 3.39. The molecule has 1 aliphatic rings. The fraction of sp³-hybridized carbons (Fsp3) is 0.190. The van der Waals surface area contributed by atoms with Crippen LogP contribution in [0.25, 0.3) is 10.9 Å². The number of carbonyl (C=O) groups excluding carboxylic acids is 3. The summed E-state index contributed by atoms with van der Waals surface area (Å²) in [7, 11) is 0. The van der Waals surface area contributed by atoms with Crippen molar-refractivity contribution in [1.29, 1.82) is 0 Å². The second kappa shape index (κ2) is 7.16. The summed E-state index contributed by atoms with van der Waals surface area (Å²) in [4.78, 5) is 41.1. The lowest BCUT2D eigenvalue weighted by Crippen LogP contribution is -2.27. The zero-order chi connectivity index (χ0) is 19.8. The van der Waals surface area contributed by atoms with Crippen LogP contribution in [0.1, 0.15) is 34.6 Å². The molecule has 3 aromatic rings. The van der Waals surface area contributed by atoms with Gasteiger partial charge in [-0.3, -0.25) is 9.59 Å². The molecule has 0 fully saturated rings. The molecule has 0 radical (unpaired) electrons. The van der Waals surface area contributed by atoms with Crippen molar-refractivity contribution in [2.24, 2.45) is 0 Å². The number of benzene rings is 2. The van der Waals surface area contributed by atoms with Crippen LogP contribution in [-0.2, 0) is 9.53 Å². The number of fused-ring (bicyclic) bond motifs is 2. The summed E-state index contributed by atoms with van der Waals surface area (Å²) >= 11 is 1.44. The predicted molar refractivity (Wildman–Crippen MR) is 108 cm³/mol. The van der Waals surface area contributed by atoms with Gasteiger partial charge in [0.1, 0.15) is 0 Å². The van der Waals surface area contributed by atoms with Crippen molar-refractivity contribution in [2.75, 3.05) is 5.32 Å². The molecule has 2 atom stereocenters. The summed E-state index contributed by atoms with van der Waals surface area (Å²) in [6.45, 7) is 3.38. The molecule has 2 aromatic carbocycles. The molecule has 6 nitrogen and oxygen atoms in total. The van der Waals surface area contributed by atoms with E-state index in [4.69, 9.17) is 4.74 Å². The van der Waals surface area contributed by atoms with Gasteiger partial charge in [-0.1, -0.05) is 18.2 Å². The van der Waals surface area contributed by atoms with Gasteiger partial charge >= 0.3 is 5.97 Å². The topological polar surface area (TPSA) is 88.3 Å². The number of para-hydroxylation sites is 1. The molecule has 0 saturated carbocycles. The van der Waals surface area contributed by atoms with Crippen molar-refractivity contribution < 1.29 is 19.1 Å². The van der Waals surface area contributed by atoms with Crippen LogP contribution in [0.2, 0.25) is 0 Å². The Morgan fingerprint density at radius 2 is 1.96 bits per heavy atom. The number of hydrogen-bond acceptors (Lipinski definition) is 5. The lowest BCUT2D eigenvalue weighted by Gasteiger charge is -2.21. The highest BCUT2D eigenvalue weighted by Crippen LogP contribution is 2.36. The van der Waals surface area contributed by atoms with Gasteiger partial charge in [-0.05, 0) is 38.1 Å². The molecule has 28 heavy (non-hydrogen) atoms. The Kier molecular flexibility index (Phi) is 4.68. The van der Waals surface area contributed by atoms with Crippen LogP contribution in [0.4, 0.5) is 5.69 Å². The number of carbonyl (C=O) groups is 3. The van der Waals surface area contributed by atoms with E-state index < -0.39 is 12.1 Å². The number of H-pyrrole nitrogens is 1. The number of rotatable bonds is 4. The first kappa shape index (κ1) is 18.3. The van der Waals surface area contributed by atoms with Crippen LogP contribution in [-0.4, -0.2) is 34.0 Å². The number of anilines is 1. The Morgan fingerprint density at radius 1 is 1.18 bits per heavy atom. The predicted octanol–water partition coefficient (Wildman–Crippen LogP) is 4.03. The third kappa shape index (κ3) is 3.29. The van der Waals surface area contributed by atoms with Crippen LogP contribution < -0.4 is 5.32 Å². The summed E-state index contributed by atoms with van der Waals surface area (Å²) in [5.41, 5.74) is 2.20. The summed E-state index contributed by atoms with van der Waals surface area (Å²) in [6, 6.07) is 12.5. The molecular formula is C21H18N2O4S. The van der Waals surface area contributed by atoms with E-state index in [1.54, 1.807) is 31.3 Å². The third-order valence-electron chi connectivity index (χ3n) is 4.65. The van der Waals surface area contributed by atoms with E-state index in [9.17, 15) is 14.4 Å². The average Bonchev–Trinajstić information content (AvgIpc) is 3.12. The lowest BCUT2D eigenvalue weighted by molar-refractivity contribution is -0.115. The molecule has 0 aliphatic carbocycles. The molecule has 7 heteroatoms. The lowest BCUT2D eigenvalue weighted by atomic mass is 10.1. The van der Waals surface area contributed by atoms with Crippen molar-refractivity contribution in [3.05, 3.63) is 59.8 Å². The van der Waals surface area contributed by atoms with Crippen molar-refractivity contribution in [1.82, 2.24) is 4.98 Å². The molecule has 0 saturated heterocycles. The van der Waals surface area contributed by atoms with E-state index in [0.29, 0.717) is 11.3 Å². The fourth-order valence-corrected chi connectivity index (χ4v) is 4.04. The second-order valence-corrected chi connectivity index (χ2v) is 8.00. The van der Waals surface area contributed by atoms with Gasteiger partial charge in [-0.15, -0.1) is 11.8 Å². The van der Waals surface area contributed by atoms with Crippen LogP contribution in [0.5, 0.6) is 0 Å². The summed E-state index contributed by atoms with van der Waals surface area (Å²) < 4.78 is 5.39. The van der Waals surface area contributed by atoms with Gasteiger partial charge in [0.15, 0.2) is 6.10 Å². The zero-order valence-corrected chi connectivity index (χ0v) is 16.1. The van der Waals surface area contributed by atoms with Crippen molar-refractivity contribution in [3.8, 4) is 0 Å². The van der Waals surface area contributed by atoms with Crippen molar-refractivity contribution >= 4 is 46.0 Å². The molecule has 2 N–H and O–H groups in total. The molecule has 142 valence electrons. The molecule has 1 aliphatic heterocycles. The van der Waals surface area contributed by atoms with E-state index >= 15 is 0 Å². The highest BCUT2D eigenvalue weighted by molar-refractivity contribution is 8.00. The highest BCUT2D eigenvalue weighted by atomic mass is 32.2. The van der Waals surface area contributed by atoms with Crippen LogP contribution >= 0.6 is 11.8 Å². The molecule has 1 amide bonds. The Bertz CT molecular complexity index is 1100. The highest BCUT2D eigenvalue weighted by Gasteiger charge is 2.26. The molecule has 2 heterocycles. The first-order chi connectivity index (χ1) is 13.4. The van der Waals surface area contributed by atoms with E-state index in [2.05, 4.69) is 10.3 Å². The van der Waals surface area contributed by atoms with Crippen LogP contribution in [0, 0.1) is 0 Å². The van der Waals surface area contributed by atoms with E-state index in [-0.39, 0.29) is 22.5 Å². The SMILES string of the molecule is C[C@H](OC(=O)c1ccc2c(c1)NC(=O)[C@H](C)S2)C(=O)c1c[nH]c2ccccc12. The molecule has 4 rings (SSSR count). The monoisotopic (exact) mass is 394 g/mol. The number of aromatic nitrogens is 1. The standard InChI is InChI=1S/C21H18N2O4S/c1-11(19(24)15-10-22-16-6-4-3-5-14(15)16)27-21(26)13-7-8-18-17(9-13)23-20(25)12(2)28-18/h3-12,22H,1-2H3,(H,23,25)/t11-,12-/m0/s1. The minimum absolute atomic E-state index is 0.106. The van der Waals surface area contributed by atoms with Crippen LogP contribution in [0.15, 0.2) is 53.6 Å². The van der Waals surface area contributed by atoms with Gasteiger partial charge in [0.05, 0.1) is 16.5 Å². The summed E-state index contributed by atoms with van der Waals surface area (Å²) in [6.07, 6.45) is 0.691. The number of ether oxygens (including phenoxy) is 1. The minimum atomic E-state index is -0.938. The molecular weight excluding hydrogens is 376 g/mol. The van der Waals surface area contributed by atoms with Gasteiger partial charge in [0.2, 0.25) is 11.7 Å². The number of aromatic amines is 1. The number of Topliss-reactive ketones (excluding diaryl/α,β-unsaturated/α-hetero) is 1. The van der Waals surface area contributed by atoms with E-state index in [1.807, 2.05) is 31.2 Å². The Morgan fingerprint density at radius 3 is 2.79 bits per heavy atom. The van der Waals surface area contributed by atoms with Crippen molar-refractivity contribution in [2.45, 2.75) is 30.1 Å². The van der Waals surface area contributed by atoms with E-state index in [1.165, 1.54) is 11.8 Å². The maximum absolute atomic E-state index is 12.7. The smallest absolute Gasteiger partial charge is 0.338 e. The molecule has 0 bridgehead atoms. The Balaban J connectivity index is 1.51. The minimum Gasteiger partial charge on any atom is -0.451 e. The first-order valence-corrected chi connectivity index (χ1v) is 9.75. The van der Waals surface area contributed by atoms with Gasteiger partial charge in [0, 0.05) is 27.6 Å². The van der Waals surface area contributed by atoms with Gasteiger partial charge < -0.3 is 15.0 Å². The molecule has 0 spiro atoms. The average molecular weight is 394 g/mol. The van der Waals surface area contributed by atoms with Gasteiger partial charge in [-0.25, -0.2) is 4.79 Å². The molecule has 1 aromatic heterocycles. The van der Waals surface area contributed by atoms with Crippen LogP contribution in [0.3, 0.4) is 0 Å². The number of hydrogen-bond donors (Lipinski definition) is 2. The normalized spacial score (nSPS) is 16.9. The summed E-state index contributed by atoms with van der Waals surface area (Å²) in [5.74, 6) is -0.992. The largest absolute Gasteiger partial charge is 0.451 e. The number of amides is 1. The third-order valence-corrected chi connectivity index (χ3v) is 5.83. The van der Waals surface area contributed by atoms with E-state index in [0.717, 1.165) is 15.8 Å². The first-order valence-electron chi connectivity index (χ1n) is 8.87. The number of nitrogens with one attached hydrogen (secondary N) is 2. The Hall–Kier alpha value is -3.06.